The summed E-state index contributed by atoms with van der Waals surface area (Å²) in [4.78, 5) is 12.7. The molecule has 1 fully saturated rings. The molecule has 0 saturated carbocycles. The van der Waals surface area contributed by atoms with Crippen molar-refractivity contribution in [2.45, 2.75) is 38.6 Å². The molecule has 1 saturated heterocycles. The first-order valence-corrected chi connectivity index (χ1v) is 5.90. The molecular weight excluding hydrogens is 192 g/mol. The molecule has 1 rings (SSSR count). The number of aliphatic carboxylic acids is 1. The van der Waals surface area contributed by atoms with Gasteiger partial charge in [0, 0.05) is 19.1 Å². The van der Waals surface area contributed by atoms with Crippen LogP contribution in [-0.2, 0) is 4.79 Å². The molecular formula is C11H22N2O2. The third-order valence-electron chi connectivity index (χ3n) is 2.83. The van der Waals surface area contributed by atoms with Crippen LogP contribution in [0.25, 0.3) is 0 Å². The topological polar surface area (TPSA) is 52.6 Å². The second-order valence-corrected chi connectivity index (χ2v) is 4.24. The summed E-state index contributed by atoms with van der Waals surface area (Å²) in [7, 11) is 0. The first-order chi connectivity index (χ1) is 7.22. The molecule has 0 bridgehead atoms. The molecule has 0 aromatic rings. The average molecular weight is 214 g/mol. The number of carbonyl (C=O) groups is 1. The van der Waals surface area contributed by atoms with Crippen LogP contribution in [0.2, 0.25) is 0 Å². The number of likely N-dealkylation sites (tertiary alicyclic amines) is 1. The standard InChI is InChI=1S/C11H22N2O2/c1-2-6-12-10-4-3-7-13(9-10)8-5-11(14)15/h10,12H,2-9H2,1H3,(H,14,15). The zero-order valence-corrected chi connectivity index (χ0v) is 9.54. The van der Waals surface area contributed by atoms with Crippen molar-refractivity contribution in [2.75, 3.05) is 26.2 Å². The van der Waals surface area contributed by atoms with E-state index in [1.54, 1.807) is 0 Å². The van der Waals surface area contributed by atoms with Crippen LogP contribution in [0, 0.1) is 0 Å². The minimum atomic E-state index is -0.696. The van der Waals surface area contributed by atoms with Gasteiger partial charge in [-0.2, -0.15) is 0 Å². The summed E-state index contributed by atoms with van der Waals surface area (Å²) >= 11 is 0. The maximum atomic E-state index is 10.5. The van der Waals surface area contributed by atoms with Gasteiger partial charge in [-0.3, -0.25) is 4.79 Å². The molecule has 15 heavy (non-hydrogen) atoms. The van der Waals surface area contributed by atoms with Crippen molar-refractivity contribution >= 4 is 5.97 Å². The van der Waals surface area contributed by atoms with E-state index in [-0.39, 0.29) is 6.42 Å². The van der Waals surface area contributed by atoms with Crippen LogP contribution in [-0.4, -0.2) is 48.2 Å². The summed E-state index contributed by atoms with van der Waals surface area (Å²) in [6.07, 6.45) is 3.83. The van der Waals surface area contributed by atoms with Gasteiger partial charge in [0.1, 0.15) is 0 Å². The number of carboxylic acids is 1. The maximum absolute atomic E-state index is 10.5. The number of nitrogens with zero attached hydrogens (tertiary/aromatic N) is 1. The number of hydrogen-bond acceptors (Lipinski definition) is 3. The van der Waals surface area contributed by atoms with Crippen molar-refractivity contribution in [3.8, 4) is 0 Å². The van der Waals surface area contributed by atoms with Crippen LogP contribution in [0.3, 0.4) is 0 Å². The highest BCUT2D eigenvalue weighted by Crippen LogP contribution is 2.10. The predicted octanol–water partition coefficient (Wildman–Crippen LogP) is 0.925. The van der Waals surface area contributed by atoms with Gasteiger partial charge < -0.3 is 15.3 Å². The number of piperidine rings is 1. The first-order valence-electron chi connectivity index (χ1n) is 5.90. The molecule has 0 amide bonds. The molecule has 0 aliphatic carbocycles. The average Bonchev–Trinajstić information content (AvgIpc) is 2.24. The molecule has 4 heteroatoms. The lowest BCUT2D eigenvalue weighted by molar-refractivity contribution is -0.137. The number of rotatable bonds is 6. The number of nitrogens with one attached hydrogen (secondary N) is 1. The summed E-state index contributed by atoms with van der Waals surface area (Å²) in [5.74, 6) is -0.696. The molecule has 1 heterocycles. The van der Waals surface area contributed by atoms with E-state index in [9.17, 15) is 4.79 Å². The Kier molecular flexibility index (Phi) is 5.65. The summed E-state index contributed by atoms with van der Waals surface area (Å²) in [5, 5.41) is 12.1. The van der Waals surface area contributed by atoms with Gasteiger partial charge in [0.25, 0.3) is 0 Å². The van der Waals surface area contributed by atoms with Crippen LogP contribution < -0.4 is 5.32 Å². The number of carboxylic acid groups (broad SMARTS) is 1. The quantitative estimate of drug-likeness (QED) is 0.690. The Morgan fingerprint density at radius 2 is 2.40 bits per heavy atom. The molecule has 1 atom stereocenters. The van der Waals surface area contributed by atoms with Crippen LogP contribution in [0.15, 0.2) is 0 Å². The van der Waals surface area contributed by atoms with E-state index >= 15 is 0 Å². The van der Waals surface area contributed by atoms with Crippen LogP contribution in [0.1, 0.15) is 32.6 Å². The van der Waals surface area contributed by atoms with Crippen molar-refractivity contribution in [2.24, 2.45) is 0 Å². The van der Waals surface area contributed by atoms with Crippen molar-refractivity contribution in [1.29, 1.82) is 0 Å². The van der Waals surface area contributed by atoms with Gasteiger partial charge in [-0.1, -0.05) is 6.92 Å². The molecule has 1 aliphatic heterocycles. The first kappa shape index (κ1) is 12.5. The van der Waals surface area contributed by atoms with Crippen LogP contribution in [0.4, 0.5) is 0 Å². The van der Waals surface area contributed by atoms with Crippen molar-refractivity contribution in [3.05, 3.63) is 0 Å². The zero-order valence-electron chi connectivity index (χ0n) is 9.54. The fourth-order valence-electron chi connectivity index (χ4n) is 2.03. The molecule has 1 aliphatic rings. The molecule has 0 aromatic carbocycles. The summed E-state index contributed by atoms with van der Waals surface area (Å²) in [5.41, 5.74) is 0. The summed E-state index contributed by atoms with van der Waals surface area (Å²) in [6.45, 7) is 5.99. The summed E-state index contributed by atoms with van der Waals surface area (Å²) in [6, 6.07) is 0.562. The van der Waals surface area contributed by atoms with Crippen LogP contribution in [0.5, 0.6) is 0 Å². The van der Waals surface area contributed by atoms with E-state index in [1.807, 2.05) is 0 Å². The molecule has 0 aromatic heterocycles. The lowest BCUT2D eigenvalue weighted by Crippen LogP contribution is -2.46. The minimum absolute atomic E-state index is 0.264. The van der Waals surface area contributed by atoms with E-state index in [0.29, 0.717) is 12.6 Å². The molecule has 0 spiro atoms. The van der Waals surface area contributed by atoms with Crippen molar-refractivity contribution in [3.63, 3.8) is 0 Å². The third kappa shape index (κ3) is 5.14. The fraction of sp³-hybridized carbons (Fsp3) is 0.909. The lowest BCUT2D eigenvalue weighted by atomic mass is 10.1. The van der Waals surface area contributed by atoms with Crippen molar-refractivity contribution < 1.29 is 9.90 Å². The molecule has 2 N–H and O–H groups in total. The van der Waals surface area contributed by atoms with E-state index in [1.165, 1.54) is 12.8 Å². The Bertz CT molecular complexity index is 197. The summed E-state index contributed by atoms with van der Waals surface area (Å²) < 4.78 is 0. The maximum Gasteiger partial charge on any atom is 0.304 e. The Hall–Kier alpha value is -0.610. The Balaban J connectivity index is 2.19. The van der Waals surface area contributed by atoms with Crippen LogP contribution >= 0.6 is 0 Å². The van der Waals surface area contributed by atoms with E-state index < -0.39 is 5.97 Å². The molecule has 1 unspecified atom stereocenters. The fourth-order valence-corrected chi connectivity index (χ4v) is 2.03. The van der Waals surface area contributed by atoms with Gasteiger partial charge in [0.05, 0.1) is 6.42 Å². The van der Waals surface area contributed by atoms with E-state index in [0.717, 1.165) is 26.1 Å². The van der Waals surface area contributed by atoms with E-state index in [4.69, 9.17) is 5.11 Å². The number of hydrogen-bond donors (Lipinski definition) is 2. The van der Waals surface area contributed by atoms with Crippen molar-refractivity contribution in [1.82, 2.24) is 10.2 Å². The third-order valence-corrected chi connectivity index (χ3v) is 2.83. The highest BCUT2D eigenvalue weighted by atomic mass is 16.4. The molecule has 4 nitrogen and oxygen atoms in total. The lowest BCUT2D eigenvalue weighted by Gasteiger charge is -2.32. The SMILES string of the molecule is CCCNC1CCCN(CCC(=O)O)C1. The second kappa shape index (κ2) is 6.80. The normalized spacial score (nSPS) is 22.9. The Labute approximate surface area is 91.6 Å². The zero-order chi connectivity index (χ0) is 11.1. The van der Waals surface area contributed by atoms with Gasteiger partial charge in [-0.15, -0.1) is 0 Å². The van der Waals surface area contributed by atoms with Gasteiger partial charge >= 0.3 is 5.97 Å². The monoisotopic (exact) mass is 214 g/mol. The largest absolute Gasteiger partial charge is 0.481 e. The molecule has 88 valence electrons. The molecule has 0 radical (unpaired) electrons. The van der Waals surface area contributed by atoms with Gasteiger partial charge in [0.15, 0.2) is 0 Å². The highest BCUT2D eigenvalue weighted by molar-refractivity contribution is 5.66. The highest BCUT2D eigenvalue weighted by Gasteiger charge is 2.19. The van der Waals surface area contributed by atoms with Gasteiger partial charge in [-0.05, 0) is 32.4 Å². The Morgan fingerprint density at radius 3 is 3.07 bits per heavy atom. The van der Waals surface area contributed by atoms with Gasteiger partial charge in [-0.25, -0.2) is 0 Å². The smallest absolute Gasteiger partial charge is 0.304 e. The minimum Gasteiger partial charge on any atom is -0.481 e. The van der Waals surface area contributed by atoms with Gasteiger partial charge in [0.2, 0.25) is 0 Å². The predicted molar refractivity (Wildman–Crippen MR) is 60.0 cm³/mol. The second-order valence-electron chi connectivity index (χ2n) is 4.24. The Morgan fingerprint density at radius 1 is 1.60 bits per heavy atom. The van der Waals surface area contributed by atoms with E-state index in [2.05, 4.69) is 17.1 Å².